The standard InChI is InChI=1S/C10H9ClN2O2S2/c1-7-5-8(6-12-10(7)11)13-17(14,15)9-3-2-4-16-9/h2-6,13H,1H3. The van der Waals surface area contributed by atoms with Gasteiger partial charge in [-0.2, -0.15) is 0 Å². The molecule has 2 rings (SSSR count). The highest BCUT2D eigenvalue weighted by molar-refractivity contribution is 7.94. The summed E-state index contributed by atoms with van der Waals surface area (Å²) in [7, 11) is -3.51. The van der Waals surface area contributed by atoms with Gasteiger partial charge in [-0.1, -0.05) is 17.7 Å². The van der Waals surface area contributed by atoms with Crippen LogP contribution in [0.5, 0.6) is 0 Å². The van der Waals surface area contributed by atoms with E-state index in [9.17, 15) is 8.42 Å². The number of rotatable bonds is 3. The summed E-state index contributed by atoms with van der Waals surface area (Å²) in [5, 5.41) is 2.07. The van der Waals surface area contributed by atoms with Crippen molar-refractivity contribution in [2.45, 2.75) is 11.1 Å². The number of nitrogens with one attached hydrogen (secondary N) is 1. The molecule has 0 saturated heterocycles. The first kappa shape index (κ1) is 12.3. The van der Waals surface area contributed by atoms with Gasteiger partial charge in [0.05, 0.1) is 11.9 Å². The minimum absolute atomic E-state index is 0.269. The number of thiophene rings is 1. The third kappa shape index (κ3) is 2.77. The highest BCUT2D eigenvalue weighted by Crippen LogP contribution is 2.22. The Morgan fingerprint density at radius 2 is 2.24 bits per heavy atom. The van der Waals surface area contributed by atoms with Gasteiger partial charge in [-0.3, -0.25) is 4.72 Å². The van der Waals surface area contributed by atoms with Crippen LogP contribution < -0.4 is 4.72 Å². The highest BCUT2D eigenvalue weighted by atomic mass is 35.5. The van der Waals surface area contributed by atoms with Crippen molar-refractivity contribution in [2.24, 2.45) is 0 Å². The second-order valence-corrected chi connectivity index (χ2v) is 6.58. The van der Waals surface area contributed by atoms with Crippen LogP contribution in [0, 0.1) is 6.92 Å². The van der Waals surface area contributed by atoms with Crippen molar-refractivity contribution in [1.29, 1.82) is 0 Å². The molecule has 0 aliphatic carbocycles. The predicted molar refractivity (Wildman–Crippen MR) is 69.1 cm³/mol. The Kier molecular flexibility index (Phi) is 3.37. The number of anilines is 1. The van der Waals surface area contributed by atoms with Crippen molar-refractivity contribution in [3.8, 4) is 0 Å². The summed E-state index contributed by atoms with van der Waals surface area (Å²) < 4.78 is 26.5. The molecule has 17 heavy (non-hydrogen) atoms. The Bertz CT molecular complexity index is 624. The number of sulfonamides is 1. The van der Waals surface area contributed by atoms with E-state index in [1.165, 1.54) is 6.20 Å². The van der Waals surface area contributed by atoms with Crippen molar-refractivity contribution < 1.29 is 8.42 Å². The van der Waals surface area contributed by atoms with Gasteiger partial charge in [0.25, 0.3) is 10.0 Å². The summed E-state index contributed by atoms with van der Waals surface area (Å²) in [6, 6.07) is 4.87. The van der Waals surface area contributed by atoms with Gasteiger partial charge in [-0.15, -0.1) is 11.3 Å². The van der Waals surface area contributed by atoms with E-state index in [1.54, 1.807) is 30.5 Å². The predicted octanol–water partition coefficient (Wildman–Crippen LogP) is 2.91. The van der Waals surface area contributed by atoms with E-state index < -0.39 is 10.0 Å². The SMILES string of the molecule is Cc1cc(NS(=O)(=O)c2cccs2)cnc1Cl. The molecule has 0 aliphatic rings. The Morgan fingerprint density at radius 1 is 1.47 bits per heavy atom. The fourth-order valence-electron chi connectivity index (χ4n) is 1.24. The largest absolute Gasteiger partial charge is 0.277 e. The van der Waals surface area contributed by atoms with E-state index in [1.807, 2.05) is 0 Å². The average molecular weight is 289 g/mol. The second kappa shape index (κ2) is 4.64. The number of halogens is 1. The molecule has 2 aromatic rings. The van der Waals surface area contributed by atoms with E-state index in [-0.39, 0.29) is 4.21 Å². The maximum Gasteiger partial charge on any atom is 0.271 e. The summed E-state index contributed by atoms with van der Waals surface area (Å²) >= 11 is 6.92. The van der Waals surface area contributed by atoms with Crippen molar-refractivity contribution in [3.63, 3.8) is 0 Å². The van der Waals surface area contributed by atoms with Crippen LogP contribution in [0.15, 0.2) is 34.0 Å². The molecule has 7 heteroatoms. The molecule has 90 valence electrons. The molecular weight excluding hydrogens is 280 g/mol. The molecule has 2 aromatic heterocycles. The summed E-state index contributed by atoms with van der Waals surface area (Å²) in [5.41, 5.74) is 1.12. The Labute approximate surface area is 108 Å². The molecule has 0 aromatic carbocycles. The monoisotopic (exact) mass is 288 g/mol. The molecule has 0 fully saturated rings. The van der Waals surface area contributed by atoms with Gasteiger partial charge in [-0.05, 0) is 30.0 Å². The molecule has 2 heterocycles. The number of nitrogens with zero attached hydrogens (tertiary/aromatic N) is 1. The van der Waals surface area contributed by atoms with Crippen LogP contribution in [0.4, 0.5) is 5.69 Å². The third-order valence-corrected chi connectivity index (χ3v) is 5.20. The molecule has 0 aliphatic heterocycles. The molecule has 1 N–H and O–H groups in total. The topological polar surface area (TPSA) is 59.1 Å². The molecular formula is C10H9ClN2O2S2. The first-order chi connectivity index (χ1) is 7.99. The molecule has 0 unspecified atom stereocenters. The van der Waals surface area contributed by atoms with Gasteiger partial charge < -0.3 is 0 Å². The fraction of sp³-hybridized carbons (Fsp3) is 0.100. The molecule has 0 radical (unpaired) electrons. The summed E-state index contributed by atoms with van der Waals surface area (Å²) in [4.78, 5) is 3.89. The third-order valence-electron chi connectivity index (χ3n) is 2.03. The van der Waals surface area contributed by atoms with Gasteiger partial charge in [0.1, 0.15) is 9.36 Å². The molecule has 0 saturated carbocycles. The maximum absolute atomic E-state index is 11.9. The Hall–Kier alpha value is -1.11. The number of hydrogen-bond acceptors (Lipinski definition) is 4. The normalized spacial score (nSPS) is 11.4. The van der Waals surface area contributed by atoms with Crippen molar-refractivity contribution in [3.05, 3.63) is 40.5 Å². The van der Waals surface area contributed by atoms with Crippen molar-refractivity contribution in [1.82, 2.24) is 4.98 Å². The number of hydrogen-bond donors (Lipinski definition) is 1. The van der Waals surface area contributed by atoms with E-state index in [2.05, 4.69) is 9.71 Å². The van der Waals surface area contributed by atoms with Crippen LogP contribution in [0.25, 0.3) is 0 Å². The van der Waals surface area contributed by atoms with Crippen LogP contribution in [0.2, 0.25) is 5.15 Å². The zero-order chi connectivity index (χ0) is 12.5. The quantitative estimate of drug-likeness (QED) is 0.884. The van der Waals surface area contributed by atoms with E-state index in [0.29, 0.717) is 10.8 Å². The maximum atomic E-state index is 11.9. The second-order valence-electron chi connectivity index (χ2n) is 3.37. The summed E-state index contributed by atoms with van der Waals surface area (Å²) in [6.45, 7) is 1.76. The average Bonchev–Trinajstić information content (AvgIpc) is 2.77. The smallest absolute Gasteiger partial charge is 0.271 e. The van der Waals surface area contributed by atoms with Gasteiger partial charge >= 0.3 is 0 Å². The molecule has 4 nitrogen and oxygen atoms in total. The fourth-order valence-corrected chi connectivity index (χ4v) is 3.37. The van der Waals surface area contributed by atoms with Crippen molar-refractivity contribution >= 4 is 38.6 Å². The van der Waals surface area contributed by atoms with Gasteiger partial charge in [0.2, 0.25) is 0 Å². The lowest BCUT2D eigenvalue weighted by atomic mass is 10.3. The lowest BCUT2D eigenvalue weighted by molar-refractivity contribution is 0.603. The first-order valence-corrected chi connectivity index (χ1v) is 7.41. The highest BCUT2D eigenvalue weighted by Gasteiger charge is 2.15. The Balaban J connectivity index is 2.30. The van der Waals surface area contributed by atoms with E-state index >= 15 is 0 Å². The van der Waals surface area contributed by atoms with E-state index in [4.69, 9.17) is 11.6 Å². The number of pyridine rings is 1. The van der Waals surface area contributed by atoms with Crippen LogP contribution in [-0.4, -0.2) is 13.4 Å². The Morgan fingerprint density at radius 3 is 2.82 bits per heavy atom. The minimum atomic E-state index is -3.51. The minimum Gasteiger partial charge on any atom is -0.277 e. The summed E-state index contributed by atoms with van der Waals surface area (Å²) in [5.74, 6) is 0. The molecule has 0 bridgehead atoms. The number of aryl methyl sites for hydroxylation is 1. The summed E-state index contributed by atoms with van der Waals surface area (Å²) in [6.07, 6.45) is 1.39. The molecule has 0 amide bonds. The van der Waals surface area contributed by atoms with Gasteiger partial charge in [0.15, 0.2) is 0 Å². The molecule has 0 spiro atoms. The van der Waals surface area contributed by atoms with Crippen LogP contribution in [0.3, 0.4) is 0 Å². The molecule has 0 atom stereocenters. The first-order valence-electron chi connectivity index (χ1n) is 4.67. The van der Waals surface area contributed by atoms with Crippen LogP contribution in [-0.2, 0) is 10.0 Å². The van der Waals surface area contributed by atoms with Gasteiger partial charge in [0, 0.05) is 0 Å². The lowest BCUT2D eigenvalue weighted by Crippen LogP contribution is -2.11. The lowest BCUT2D eigenvalue weighted by Gasteiger charge is -2.06. The number of aromatic nitrogens is 1. The van der Waals surface area contributed by atoms with Crippen LogP contribution in [0.1, 0.15) is 5.56 Å². The van der Waals surface area contributed by atoms with Crippen molar-refractivity contribution in [2.75, 3.05) is 4.72 Å². The van der Waals surface area contributed by atoms with Gasteiger partial charge in [-0.25, -0.2) is 13.4 Å². The zero-order valence-electron chi connectivity index (χ0n) is 8.84. The van der Waals surface area contributed by atoms with E-state index in [0.717, 1.165) is 16.9 Å². The zero-order valence-corrected chi connectivity index (χ0v) is 11.2. The van der Waals surface area contributed by atoms with Crippen LogP contribution >= 0.6 is 22.9 Å².